The van der Waals surface area contributed by atoms with E-state index in [1.54, 1.807) is 17.8 Å². The summed E-state index contributed by atoms with van der Waals surface area (Å²) in [5.74, 6) is -0.272. The molecular formula is C30H36LiNO4S. The number of nitrogens with one attached hydrogen (secondary N) is 1. The van der Waals surface area contributed by atoms with Gasteiger partial charge in [-0.05, 0) is 76.8 Å². The van der Waals surface area contributed by atoms with Gasteiger partial charge < -0.3 is 16.6 Å². The van der Waals surface area contributed by atoms with E-state index in [-0.39, 0.29) is 26.2 Å². The summed E-state index contributed by atoms with van der Waals surface area (Å²) in [7, 11) is 0. The van der Waals surface area contributed by atoms with E-state index in [4.69, 9.17) is 4.74 Å². The summed E-state index contributed by atoms with van der Waals surface area (Å²) < 4.78 is 5.99. The fourth-order valence-corrected chi connectivity index (χ4v) is 4.46. The smallest absolute Gasteiger partial charge is 1.00 e. The molecular weight excluding hydrogens is 477 g/mol. The SMILES string of the molecule is CSCC[C@H](NC(=O)c1ccc(COCc2ccc(C(C)C)cc2)cc1-c1ccccc1C)C(=O)O.[H-].[Li+]. The summed E-state index contributed by atoms with van der Waals surface area (Å²) in [6, 6.07) is 21.0. The van der Waals surface area contributed by atoms with Gasteiger partial charge in [-0.3, -0.25) is 4.79 Å². The number of hydrogen-bond donors (Lipinski definition) is 2. The maximum atomic E-state index is 13.2. The Labute approximate surface area is 238 Å². The second-order valence-corrected chi connectivity index (χ2v) is 10.2. The predicted molar refractivity (Wildman–Crippen MR) is 149 cm³/mol. The average molecular weight is 514 g/mol. The maximum Gasteiger partial charge on any atom is 1.00 e. The van der Waals surface area contributed by atoms with Crippen LogP contribution in [0.1, 0.15) is 60.2 Å². The van der Waals surface area contributed by atoms with Gasteiger partial charge in [-0.1, -0.05) is 68.4 Å². The minimum Gasteiger partial charge on any atom is -1.00 e. The third-order valence-electron chi connectivity index (χ3n) is 6.16. The zero-order valence-electron chi connectivity index (χ0n) is 23.4. The number of hydrogen-bond acceptors (Lipinski definition) is 4. The van der Waals surface area contributed by atoms with Gasteiger partial charge in [0.05, 0.1) is 13.2 Å². The van der Waals surface area contributed by atoms with Crippen LogP contribution in [0.5, 0.6) is 0 Å². The molecule has 1 amide bonds. The fourth-order valence-electron chi connectivity index (χ4n) is 3.99. The quantitative estimate of drug-likeness (QED) is 0.363. The Morgan fingerprint density at radius 1 is 0.973 bits per heavy atom. The molecule has 3 rings (SSSR count). The number of carboxylic acid groups (broad SMARTS) is 1. The van der Waals surface area contributed by atoms with E-state index >= 15 is 0 Å². The van der Waals surface area contributed by atoms with Crippen LogP contribution in [0, 0.1) is 6.92 Å². The third kappa shape index (κ3) is 8.79. The fraction of sp³-hybridized carbons (Fsp3) is 0.333. The summed E-state index contributed by atoms with van der Waals surface area (Å²) in [5, 5.41) is 12.3. The summed E-state index contributed by atoms with van der Waals surface area (Å²) in [5.41, 5.74) is 6.54. The van der Waals surface area contributed by atoms with Crippen LogP contribution in [0.25, 0.3) is 11.1 Å². The van der Waals surface area contributed by atoms with Crippen LogP contribution in [0.15, 0.2) is 66.7 Å². The third-order valence-corrected chi connectivity index (χ3v) is 6.81. The minimum atomic E-state index is -1.03. The zero-order valence-corrected chi connectivity index (χ0v) is 23.2. The summed E-state index contributed by atoms with van der Waals surface area (Å²) in [4.78, 5) is 24.9. The van der Waals surface area contributed by atoms with Gasteiger partial charge in [0.1, 0.15) is 6.04 Å². The largest absolute Gasteiger partial charge is 1.00 e. The first-order valence-corrected chi connectivity index (χ1v) is 13.6. The Morgan fingerprint density at radius 3 is 2.24 bits per heavy atom. The van der Waals surface area contributed by atoms with Gasteiger partial charge in [0.2, 0.25) is 0 Å². The van der Waals surface area contributed by atoms with E-state index in [2.05, 4.69) is 43.4 Å². The number of aryl methyl sites for hydroxylation is 1. The first-order valence-electron chi connectivity index (χ1n) is 12.2. The molecule has 0 saturated carbocycles. The van der Waals surface area contributed by atoms with Crippen LogP contribution in [-0.4, -0.2) is 35.0 Å². The van der Waals surface area contributed by atoms with Gasteiger partial charge in [0.25, 0.3) is 5.91 Å². The predicted octanol–water partition coefficient (Wildman–Crippen LogP) is 3.55. The molecule has 3 aromatic carbocycles. The molecule has 3 aromatic rings. The first-order chi connectivity index (χ1) is 17.3. The van der Waals surface area contributed by atoms with E-state index in [1.165, 1.54) is 5.56 Å². The van der Waals surface area contributed by atoms with E-state index in [0.29, 0.717) is 36.9 Å². The number of thioether (sulfide) groups is 1. The summed E-state index contributed by atoms with van der Waals surface area (Å²) in [6.45, 7) is 7.24. The van der Waals surface area contributed by atoms with Crippen LogP contribution >= 0.6 is 11.8 Å². The Hall–Kier alpha value is -2.49. The van der Waals surface area contributed by atoms with Gasteiger partial charge >= 0.3 is 24.8 Å². The van der Waals surface area contributed by atoms with Gasteiger partial charge in [0, 0.05) is 5.56 Å². The Morgan fingerprint density at radius 2 is 1.62 bits per heavy atom. The van der Waals surface area contributed by atoms with Crippen molar-refractivity contribution >= 4 is 23.6 Å². The Balaban J connectivity index is 0.00000361. The molecule has 0 saturated heterocycles. The van der Waals surface area contributed by atoms with Crippen molar-refractivity contribution in [2.75, 3.05) is 12.0 Å². The number of rotatable bonds is 12. The normalized spacial score (nSPS) is 11.6. The molecule has 0 unspecified atom stereocenters. The van der Waals surface area contributed by atoms with Crippen molar-refractivity contribution in [2.45, 2.75) is 52.4 Å². The van der Waals surface area contributed by atoms with Gasteiger partial charge in [0.15, 0.2) is 0 Å². The molecule has 0 bridgehead atoms. The summed E-state index contributed by atoms with van der Waals surface area (Å²) >= 11 is 1.55. The van der Waals surface area contributed by atoms with E-state index in [0.717, 1.165) is 27.8 Å². The van der Waals surface area contributed by atoms with Crippen LogP contribution in [-0.2, 0) is 22.7 Å². The minimum absolute atomic E-state index is 0. The number of carbonyl (C=O) groups is 2. The molecule has 2 N–H and O–H groups in total. The number of carboxylic acids is 1. The topological polar surface area (TPSA) is 75.6 Å². The standard InChI is InChI=1S/C30H35NO4S.Li.H/c1-20(2)24-12-9-22(10-13-24)18-35-19-23-11-14-26(27(17-23)25-8-6-5-7-21(25)3)29(32)31-28(30(33)34)15-16-36-4;;/h5-14,17,20,28H,15-16,18-19H2,1-4H3,(H,31,32)(H,33,34);;/q;+1;-1/t28-;;/m0../s1. The van der Waals surface area contributed by atoms with E-state index < -0.39 is 12.0 Å². The van der Waals surface area contributed by atoms with Gasteiger partial charge in [-0.25, -0.2) is 4.79 Å². The van der Waals surface area contributed by atoms with Crippen molar-refractivity contribution in [1.82, 2.24) is 5.32 Å². The monoisotopic (exact) mass is 513 g/mol. The Kier molecular flexibility index (Phi) is 12.5. The molecule has 37 heavy (non-hydrogen) atoms. The number of aliphatic carboxylic acids is 1. The Bertz CT molecular complexity index is 1190. The van der Waals surface area contributed by atoms with Crippen molar-refractivity contribution in [1.29, 1.82) is 0 Å². The molecule has 0 aromatic heterocycles. The average Bonchev–Trinajstić information content (AvgIpc) is 2.86. The van der Waals surface area contributed by atoms with Crippen molar-refractivity contribution in [3.8, 4) is 11.1 Å². The molecule has 0 aliphatic carbocycles. The maximum absolute atomic E-state index is 13.2. The van der Waals surface area contributed by atoms with Crippen molar-refractivity contribution in [2.24, 2.45) is 0 Å². The van der Waals surface area contributed by atoms with E-state index in [9.17, 15) is 14.7 Å². The molecule has 7 heteroatoms. The second kappa shape index (κ2) is 15.0. The van der Waals surface area contributed by atoms with E-state index in [1.807, 2.05) is 49.6 Å². The molecule has 0 aliphatic heterocycles. The van der Waals surface area contributed by atoms with Crippen LogP contribution in [0.2, 0.25) is 0 Å². The first kappa shape index (κ1) is 30.7. The molecule has 0 radical (unpaired) electrons. The molecule has 0 aliphatic rings. The number of carbonyl (C=O) groups excluding carboxylic acids is 1. The molecule has 0 spiro atoms. The van der Waals surface area contributed by atoms with Crippen molar-refractivity contribution in [3.05, 3.63) is 94.5 Å². The molecule has 1 atom stereocenters. The molecule has 0 heterocycles. The van der Waals surface area contributed by atoms with Crippen LogP contribution < -0.4 is 24.2 Å². The van der Waals surface area contributed by atoms with Crippen molar-refractivity contribution in [3.63, 3.8) is 0 Å². The number of ether oxygens (including phenoxy) is 1. The number of benzene rings is 3. The zero-order chi connectivity index (χ0) is 26.1. The molecule has 0 fully saturated rings. The second-order valence-electron chi connectivity index (χ2n) is 9.23. The van der Waals surface area contributed by atoms with Crippen molar-refractivity contribution < 1.29 is 39.7 Å². The van der Waals surface area contributed by atoms with Gasteiger partial charge in [-0.15, -0.1) is 0 Å². The molecule has 5 nitrogen and oxygen atoms in total. The van der Waals surface area contributed by atoms with Crippen LogP contribution in [0.3, 0.4) is 0 Å². The molecule has 192 valence electrons. The summed E-state index contributed by atoms with van der Waals surface area (Å²) in [6.07, 6.45) is 2.28. The number of amides is 1. The van der Waals surface area contributed by atoms with Gasteiger partial charge in [-0.2, -0.15) is 11.8 Å². The van der Waals surface area contributed by atoms with Crippen LogP contribution in [0.4, 0.5) is 0 Å².